The second-order valence-corrected chi connectivity index (χ2v) is 10.2. The number of guanidine groups is 1. The van der Waals surface area contributed by atoms with Gasteiger partial charge in [-0.3, -0.25) is 4.99 Å². The molecule has 1 saturated heterocycles. The van der Waals surface area contributed by atoms with Gasteiger partial charge in [0.15, 0.2) is 5.96 Å². The number of halogens is 1. The average molecular weight is 430 g/mol. The summed E-state index contributed by atoms with van der Waals surface area (Å²) in [7, 11) is -2.98. The van der Waals surface area contributed by atoms with Gasteiger partial charge in [-0.25, -0.2) is 8.42 Å². The van der Waals surface area contributed by atoms with Gasteiger partial charge in [-0.15, -0.1) is 0 Å². The number of sulfone groups is 1. The van der Waals surface area contributed by atoms with Crippen LogP contribution in [0.5, 0.6) is 0 Å². The highest BCUT2D eigenvalue weighted by Crippen LogP contribution is 2.38. The zero-order valence-corrected chi connectivity index (χ0v) is 18.6. The molecule has 0 spiro atoms. The van der Waals surface area contributed by atoms with Gasteiger partial charge in [-0.1, -0.05) is 29.8 Å². The highest BCUT2D eigenvalue weighted by molar-refractivity contribution is 7.90. The summed E-state index contributed by atoms with van der Waals surface area (Å²) in [5.74, 6) is 0.850. The maximum absolute atomic E-state index is 11.4. The third kappa shape index (κ3) is 6.94. The Balaban J connectivity index is 2.16. The summed E-state index contributed by atoms with van der Waals surface area (Å²) in [4.78, 5) is 4.84. The minimum atomic E-state index is -2.98. The van der Waals surface area contributed by atoms with E-state index in [4.69, 9.17) is 21.3 Å². The van der Waals surface area contributed by atoms with Crippen LogP contribution in [0.15, 0.2) is 29.3 Å². The predicted molar refractivity (Wildman–Crippen MR) is 116 cm³/mol. The fraction of sp³-hybridized carbons (Fsp3) is 0.650. The molecule has 0 radical (unpaired) electrons. The number of ether oxygens (including phenoxy) is 1. The number of benzene rings is 1. The SMILES string of the molecule is CCNC(=NCC1(c2ccccc2Cl)CCOCC1)NC(C)CCS(C)(=O)=O. The van der Waals surface area contributed by atoms with Crippen LogP contribution in [0.2, 0.25) is 5.02 Å². The molecule has 0 aromatic heterocycles. The van der Waals surface area contributed by atoms with E-state index in [9.17, 15) is 8.42 Å². The lowest BCUT2D eigenvalue weighted by molar-refractivity contribution is 0.0531. The standard InChI is InChI=1S/C20H32ClN3O3S/c1-4-22-19(24-16(2)9-14-28(3,25)26)23-15-20(10-12-27-13-11-20)17-7-5-6-8-18(17)21/h5-8,16H,4,9-15H2,1-3H3,(H2,22,23,24). The van der Waals surface area contributed by atoms with Gasteiger partial charge in [0.1, 0.15) is 9.84 Å². The zero-order chi connectivity index (χ0) is 20.6. The first-order valence-corrected chi connectivity index (χ1v) is 12.2. The van der Waals surface area contributed by atoms with Gasteiger partial charge in [0.05, 0.1) is 12.3 Å². The minimum absolute atomic E-state index is 0.00141. The lowest BCUT2D eigenvalue weighted by Crippen LogP contribution is -2.44. The molecule has 0 aliphatic carbocycles. The largest absolute Gasteiger partial charge is 0.381 e. The number of aliphatic imine (C=N–C) groups is 1. The van der Waals surface area contributed by atoms with E-state index >= 15 is 0 Å². The van der Waals surface area contributed by atoms with Crippen molar-refractivity contribution in [2.45, 2.75) is 44.6 Å². The predicted octanol–water partition coefficient (Wildman–Crippen LogP) is 2.77. The van der Waals surface area contributed by atoms with E-state index in [1.54, 1.807) is 0 Å². The molecule has 6 nitrogen and oxygen atoms in total. The Morgan fingerprint density at radius 1 is 1.32 bits per heavy atom. The molecular formula is C20H32ClN3O3S. The van der Waals surface area contributed by atoms with Crippen molar-refractivity contribution < 1.29 is 13.2 Å². The van der Waals surface area contributed by atoms with Crippen molar-refractivity contribution in [1.82, 2.24) is 10.6 Å². The van der Waals surface area contributed by atoms with E-state index < -0.39 is 9.84 Å². The number of hydrogen-bond acceptors (Lipinski definition) is 4. The maximum Gasteiger partial charge on any atom is 0.191 e. The summed E-state index contributed by atoms with van der Waals surface area (Å²) in [6.45, 7) is 6.68. The van der Waals surface area contributed by atoms with E-state index in [0.717, 1.165) is 30.0 Å². The molecular weight excluding hydrogens is 398 g/mol. The topological polar surface area (TPSA) is 79.8 Å². The van der Waals surface area contributed by atoms with Gasteiger partial charge in [0.25, 0.3) is 0 Å². The Morgan fingerprint density at radius 2 is 2.00 bits per heavy atom. The molecule has 1 fully saturated rings. The molecule has 8 heteroatoms. The third-order valence-corrected chi connectivity index (χ3v) is 6.39. The van der Waals surface area contributed by atoms with Crippen LogP contribution in [0.4, 0.5) is 0 Å². The fourth-order valence-corrected chi connectivity index (χ4v) is 4.53. The monoisotopic (exact) mass is 429 g/mol. The Labute approximate surface area is 174 Å². The van der Waals surface area contributed by atoms with Gasteiger partial charge in [-0.2, -0.15) is 0 Å². The Bertz CT molecular complexity index is 762. The van der Waals surface area contributed by atoms with Crippen molar-refractivity contribution in [2.24, 2.45) is 4.99 Å². The van der Waals surface area contributed by atoms with E-state index in [-0.39, 0.29) is 17.2 Å². The summed E-state index contributed by atoms with van der Waals surface area (Å²) >= 11 is 6.51. The second kappa shape index (κ2) is 10.5. The lowest BCUT2D eigenvalue weighted by atomic mass is 9.74. The molecule has 1 atom stereocenters. The van der Waals surface area contributed by atoms with Crippen molar-refractivity contribution in [2.75, 3.05) is 38.3 Å². The summed E-state index contributed by atoms with van der Waals surface area (Å²) in [6.07, 6.45) is 3.52. The van der Waals surface area contributed by atoms with Crippen molar-refractivity contribution in [3.8, 4) is 0 Å². The first-order valence-electron chi connectivity index (χ1n) is 9.81. The molecule has 158 valence electrons. The van der Waals surface area contributed by atoms with Crippen LogP contribution < -0.4 is 10.6 Å². The van der Waals surface area contributed by atoms with Crippen LogP contribution in [-0.2, 0) is 20.0 Å². The summed E-state index contributed by atoms with van der Waals surface area (Å²) in [5, 5.41) is 7.35. The van der Waals surface area contributed by atoms with Crippen LogP contribution in [0.1, 0.15) is 38.7 Å². The third-order valence-electron chi connectivity index (χ3n) is 5.08. The number of nitrogens with one attached hydrogen (secondary N) is 2. The molecule has 1 aromatic carbocycles. The molecule has 1 aromatic rings. The van der Waals surface area contributed by atoms with Gasteiger partial charge >= 0.3 is 0 Å². The van der Waals surface area contributed by atoms with Crippen LogP contribution in [0, 0.1) is 0 Å². The minimum Gasteiger partial charge on any atom is -0.381 e. The summed E-state index contributed by atoms with van der Waals surface area (Å²) < 4.78 is 28.4. The van der Waals surface area contributed by atoms with Crippen molar-refractivity contribution in [3.63, 3.8) is 0 Å². The smallest absolute Gasteiger partial charge is 0.191 e. The number of rotatable bonds is 8. The first kappa shape index (κ1) is 23.0. The summed E-state index contributed by atoms with van der Waals surface area (Å²) in [5.41, 5.74) is 0.958. The number of nitrogens with zero attached hydrogens (tertiary/aromatic N) is 1. The average Bonchev–Trinajstić information content (AvgIpc) is 2.65. The highest BCUT2D eigenvalue weighted by Gasteiger charge is 2.36. The molecule has 0 saturated carbocycles. The molecule has 2 N–H and O–H groups in total. The molecule has 1 unspecified atom stereocenters. The van der Waals surface area contributed by atoms with Crippen LogP contribution >= 0.6 is 11.6 Å². The van der Waals surface area contributed by atoms with Gasteiger partial charge in [0.2, 0.25) is 0 Å². The van der Waals surface area contributed by atoms with Crippen LogP contribution in [-0.4, -0.2) is 58.7 Å². The van der Waals surface area contributed by atoms with Crippen LogP contribution in [0.3, 0.4) is 0 Å². The summed E-state index contributed by atoms with van der Waals surface area (Å²) in [6, 6.07) is 7.96. The van der Waals surface area contributed by atoms with Gasteiger partial charge in [0, 0.05) is 42.5 Å². The highest BCUT2D eigenvalue weighted by atomic mass is 35.5. The molecule has 2 rings (SSSR count). The molecule has 28 heavy (non-hydrogen) atoms. The quantitative estimate of drug-likeness (QED) is 0.490. The Kier molecular flexibility index (Phi) is 8.58. The fourth-order valence-electron chi connectivity index (χ4n) is 3.41. The van der Waals surface area contributed by atoms with E-state index in [0.29, 0.717) is 32.1 Å². The molecule has 0 bridgehead atoms. The van der Waals surface area contributed by atoms with Crippen molar-refractivity contribution in [1.29, 1.82) is 0 Å². The van der Waals surface area contributed by atoms with Crippen LogP contribution in [0.25, 0.3) is 0 Å². The van der Waals surface area contributed by atoms with Gasteiger partial charge < -0.3 is 15.4 Å². The normalized spacial score (nSPS) is 18.5. The molecule has 1 heterocycles. The first-order chi connectivity index (χ1) is 13.3. The Hall–Kier alpha value is -1.31. The second-order valence-electron chi connectivity index (χ2n) is 7.53. The van der Waals surface area contributed by atoms with E-state index in [1.807, 2.05) is 32.0 Å². The van der Waals surface area contributed by atoms with Gasteiger partial charge in [-0.05, 0) is 44.7 Å². The lowest BCUT2D eigenvalue weighted by Gasteiger charge is -2.37. The maximum atomic E-state index is 11.4. The molecule has 1 aliphatic rings. The zero-order valence-electron chi connectivity index (χ0n) is 17.0. The number of hydrogen-bond donors (Lipinski definition) is 2. The van der Waals surface area contributed by atoms with Crippen molar-refractivity contribution >= 4 is 27.4 Å². The van der Waals surface area contributed by atoms with Crippen molar-refractivity contribution in [3.05, 3.63) is 34.9 Å². The molecule has 0 amide bonds. The molecule has 1 aliphatic heterocycles. The van der Waals surface area contributed by atoms with E-state index in [2.05, 4.69) is 16.7 Å². The Morgan fingerprint density at radius 3 is 2.61 bits per heavy atom. The van der Waals surface area contributed by atoms with E-state index in [1.165, 1.54) is 6.26 Å².